The monoisotopic (exact) mass is 346 g/mol. The number of rotatable bonds is 4. The first-order chi connectivity index (χ1) is 11.5. The number of para-hydroxylation sites is 1. The molecule has 2 aromatic rings. The first-order valence-corrected chi connectivity index (χ1v) is 7.69. The lowest BCUT2D eigenvalue weighted by Gasteiger charge is -2.23. The van der Waals surface area contributed by atoms with E-state index in [2.05, 4.69) is 10.6 Å². The Bertz CT molecular complexity index is 794. The van der Waals surface area contributed by atoms with Crippen LogP contribution >= 0.6 is 11.6 Å². The van der Waals surface area contributed by atoms with E-state index in [1.165, 1.54) is 0 Å². The van der Waals surface area contributed by atoms with Gasteiger partial charge in [-0.1, -0.05) is 23.7 Å². The normalized spacial score (nSPS) is 15.8. The molecule has 1 heterocycles. The fraction of sp³-hybridized carbons (Fsp3) is 0.176. The van der Waals surface area contributed by atoms with E-state index in [1.54, 1.807) is 49.4 Å². The molecular weight excluding hydrogens is 332 g/mol. The van der Waals surface area contributed by atoms with E-state index in [0.717, 1.165) is 0 Å². The van der Waals surface area contributed by atoms with Crippen molar-refractivity contribution in [1.82, 2.24) is 0 Å². The third-order valence-electron chi connectivity index (χ3n) is 3.39. The summed E-state index contributed by atoms with van der Waals surface area (Å²) in [4.78, 5) is 23.6. The maximum Gasteiger partial charge on any atom is 0.265 e. The van der Waals surface area contributed by atoms with Gasteiger partial charge in [-0.25, -0.2) is 0 Å². The van der Waals surface area contributed by atoms with Gasteiger partial charge in [0.05, 0.1) is 10.7 Å². The Kier molecular flexibility index (Phi) is 4.57. The van der Waals surface area contributed by atoms with E-state index in [1.807, 2.05) is 0 Å². The quantitative estimate of drug-likeness (QED) is 0.892. The van der Waals surface area contributed by atoms with Crippen molar-refractivity contribution < 1.29 is 19.1 Å². The summed E-state index contributed by atoms with van der Waals surface area (Å²) in [6.07, 6.45) is -0.540. The van der Waals surface area contributed by atoms with Crippen molar-refractivity contribution in [2.24, 2.45) is 0 Å². The average molecular weight is 347 g/mol. The molecule has 2 amide bonds. The first-order valence-electron chi connectivity index (χ1n) is 7.31. The Morgan fingerprint density at radius 2 is 2.12 bits per heavy atom. The van der Waals surface area contributed by atoms with Crippen molar-refractivity contribution in [2.75, 3.05) is 17.2 Å². The summed E-state index contributed by atoms with van der Waals surface area (Å²) < 4.78 is 10.8. The maximum absolute atomic E-state index is 12.0. The molecule has 0 fully saturated rings. The van der Waals surface area contributed by atoms with Gasteiger partial charge in [-0.3, -0.25) is 9.59 Å². The number of anilines is 2. The van der Waals surface area contributed by atoms with Crippen LogP contribution in [0.25, 0.3) is 0 Å². The summed E-state index contributed by atoms with van der Waals surface area (Å²) in [5.41, 5.74) is 1.04. The second kappa shape index (κ2) is 6.80. The lowest BCUT2D eigenvalue weighted by molar-refractivity contribution is -0.122. The maximum atomic E-state index is 12.0. The molecule has 0 saturated carbocycles. The number of fused-ring (bicyclic) bond motifs is 1. The van der Waals surface area contributed by atoms with Crippen LogP contribution in [0.5, 0.6) is 11.5 Å². The number of nitrogens with one attached hydrogen (secondary N) is 2. The smallest absolute Gasteiger partial charge is 0.265 e. The van der Waals surface area contributed by atoms with Crippen molar-refractivity contribution >= 4 is 34.8 Å². The van der Waals surface area contributed by atoms with E-state index < -0.39 is 6.10 Å². The molecule has 0 radical (unpaired) electrons. The van der Waals surface area contributed by atoms with Crippen LogP contribution in [0.15, 0.2) is 42.5 Å². The lowest BCUT2D eigenvalue weighted by Crippen LogP contribution is -2.34. The van der Waals surface area contributed by atoms with Crippen molar-refractivity contribution in [1.29, 1.82) is 0 Å². The van der Waals surface area contributed by atoms with Crippen molar-refractivity contribution in [3.05, 3.63) is 47.5 Å². The molecule has 6 nitrogen and oxygen atoms in total. The summed E-state index contributed by atoms with van der Waals surface area (Å²) in [5.74, 6) is 0.432. The third-order valence-corrected chi connectivity index (χ3v) is 3.70. The highest BCUT2D eigenvalue weighted by Crippen LogP contribution is 2.32. The van der Waals surface area contributed by atoms with Gasteiger partial charge in [-0.05, 0) is 37.3 Å². The van der Waals surface area contributed by atoms with E-state index in [9.17, 15) is 9.59 Å². The summed E-state index contributed by atoms with van der Waals surface area (Å²) in [7, 11) is 0. The minimum absolute atomic E-state index is 0.180. The highest BCUT2D eigenvalue weighted by molar-refractivity contribution is 6.32. The van der Waals surface area contributed by atoms with Crippen LogP contribution in [0, 0.1) is 0 Å². The Hall–Kier alpha value is -2.73. The molecule has 2 aromatic carbocycles. The van der Waals surface area contributed by atoms with E-state index in [-0.39, 0.29) is 18.4 Å². The highest BCUT2D eigenvalue weighted by Gasteiger charge is 2.23. The van der Waals surface area contributed by atoms with Gasteiger partial charge in [0.1, 0.15) is 11.5 Å². The molecule has 0 aromatic heterocycles. The zero-order chi connectivity index (χ0) is 17.1. The van der Waals surface area contributed by atoms with Crippen molar-refractivity contribution in [2.45, 2.75) is 13.0 Å². The van der Waals surface area contributed by atoms with Crippen LogP contribution in [-0.2, 0) is 9.59 Å². The van der Waals surface area contributed by atoms with Gasteiger partial charge in [0.2, 0.25) is 0 Å². The molecule has 3 rings (SSSR count). The van der Waals surface area contributed by atoms with Crippen LogP contribution in [0.4, 0.5) is 11.4 Å². The zero-order valence-corrected chi connectivity index (χ0v) is 13.6. The highest BCUT2D eigenvalue weighted by atomic mass is 35.5. The molecule has 1 aliphatic rings. The SMILES string of the molecule is C[C@H]1Oc2ccc(NC(=O)COc3ccccc3Cl)cc2NC1=O. The van der Waals surface area contributed by atoms with E-state index >= 15 is 0 Å². The number of hydrogen-bond donors (Lipinski definition) is 2. The van der Waals surface area contributed by atoms with Gasteiger partial charge in [0, 0.05) is 5.69 Å². The van der Waals surface area contributed by atoms with Gasteiger partial charge in [0.15, 0.2) is 12.7 Å². The minimum Gasteiger partial charge on any atom is -0.482 e. The molecule has 24 heavy (non-hydrogen) atoms. The van der Waals surface area contributed by atoms with Crippen LogP contribution in [-0.4, -0.2) is 24.5 Å². The second-order valence-corrected chi connectivity index (χ2v) is 5.63. The number of amides is 2. The number of benzene rings is 2. The molecule has 0 unspecified atom stereocenters. The van der Waals surface area contributed by atoms with Gasteiger partial charge < -0.3 is 20.1 Å². The second-order valence-electron chi connectivity index (χ2n) is 5.23. The Morgan fingerprint density at radius 3 is 2.92 bits per heavy atom. The molecule has 2 N–H and O–H groups in total. The van der Waals surface area contributed by atoms with Crippen molar-refractivity contribution in [3.63, 3.8) is 0 Å². The predicted octanol–water partition coefficient (Wildman–Crippen LogP) is 3.08. The molecule has 0 spiro atoms. The molecule has 1 aliphatic heterocycles. The first kappa shape index (κ1) is 16.1. The Morgan fingerprint density at radius 1 is 1.33 bits per heavy atom. The summed E-state index contributed by atoms with van der Waals surface area (Å²) >= 11 is 5.96. The molecular formula is C17H15ClN2O4. The molecule has 7 heteroatoms. The van der Waals surface area contributed by atoms with Crippen LogP contribution < -0.4 is 20.1 Å². The largest absolute Gasteiger partial charge is 0.482 e. The topological polar surface area (TPSA) is 76.7 Å². The predicted molar refractivity (Wildman–Crippen MR) is 90.7 cm³/mol. The van der Waals surface area contributed by atoms with Crippen molar-refractivity contribution in [3.8, 4) is 11.5 Å². The third kappa shape index (κ3) is 3.60. The summed E-state index contributed by atoms with van der Waals surface area (Å²) in [6.45, 7) is 1.49. The zero-order valence-electron chi connectivity index (χ0n) is 12.8. The summed E-state index contributed by atoms with van der Waals surface area (Å²) in [6, 6.07) is 11.9. The standard InChI is InChI=1S/C17H15ClN2O4/c1-10-17(22)20-13-8-11(6-7-15(13)24-10)19-16(21)9-23-14-5-3-2-4-12(14)18/h2-8,10H,9H2,1H3,(H,19,21)(H,20,22)/t10-/m1/s1. The minimum atomic E-state index is -0.540. The molecule has 0 bridgehead atoms. The van der Waals surface area contributed by atoms with Crippen LogP contribution in [0.2, 0.25) is 5.02 Å². The number of carbonyl (C=O) groups excluding carboxylic acids is 2. The van der Waals surface area contributed by atoms with E-state index in [4.69, 9.17) is 21.1 Å². The number of hydrogen-bond acceptors (Lipinski definition) is 4. The average Bonchev–Trinajstić information content (AvgIpc) is 2.55. The summed E-state index contributed by atoms with van der Waals surface area (Å²) in [5, 5.41) is 5.86. The van der Waals surface area contributed by atoms with Crippen LogP contribution in [0.3, 0.4) is 0 Å². The fourth-order valence-electron chi connectivity index (χ4n) is 2.19. The molecule has 124 valence electrons. The Balaban J connectivity index is 1.62. The van der Waals surface area contributed by atoms with Gasteiger partial charge in [0.25, 0.3) is 11.8 Å². The molecule has 0 aliphatic carbocycles. The van der Waals surface area contributed by atoms with E-state index in [0.29, 0.717) is 27.9 Å². The van der Waals surface area contributed by atoms with Gasteiger partial charge >= 0.3 is 0 Å². The lowest BCUT2D eigenvalue weighted by atomic mass is 10.2. The number of carbonyl (C=O) groups is 2. The van der Waals surface area contributed by atoms with Gasteiger partial charge in [-0.2, -0.15) is 0 Å². The Labute approximate surface area is 143 Å². The number of halogens is 1. The molecule has 1 atom stereocenters. The fourth-order valence-corrected chi connectivity index (χ4v) is 2.38. The van der Waals surface area contributed by atoms with Gasteiger partial charge in [-0.15, -0.1) is 0 Å². The number of ether oxygens (including phenoxy) is 2. The molecule has 0 saturated heterocycles. The van der Waals surface area contributed by atoms with Crippen LogP contribution in [0.1, 0.15) is 6.92 Å².